The van der Waals surface area contributed by atoms with Gasteiger partial charge in [0.05, 0.1) is 28.5 Å². The summed E-state index contributed by atoms with van der Waals surface area (Å²) in [4.78, 5) is 51.7. The van der Waals surface area contributed by atoms with Crippen LogP contribution in [-0.2, 0) is 14.4 Å². The number of ketones is 1. The number of benzene rings is 1. The van der Waals surface area contributed by atoms with Crippen molar-refractivity contribution in [3.05, 3.63) is 46.0 Å². The van der Waals surface area contributed by atoms with Crippen LogP contribution in [-0.4, -0.2) is 45.8 Å². The molecule has 3 aliphatic heterocycles. The molecule has 0 aromatic heterocycles. The Morgan fingerprint density at radius 2 is 1.83 bits per heavy atom. The lowest BCUT2D eigenvalue weighted by Crippen LogP contribution is -2.49. The zero-order chi connectivity index (χ0) is 22.0. The van der Waals surface area contributed by atoms with Gasteiger partial charge in [-0.3, -0.25) is 29.5 Å². The number of hydrogen-bond acceptors (Lipinski definition) is 7. The largest absolute Gasteiger partial charge is 0.297 e. The molecule has 1 aromatic carbocycles. The summed E-state index contributed by atoms with van der Waals surface area (Å²) in [5, 5.41) is 16.9. The van der Waals surface area contributed by atoms with E-state index in [2.05, 4.69) is 5.10 Å². The van der Waals surface area contributed by atoms with E-state index in [1.54, 1.807) is 51.1 Å². The highest BCUT2D eigenvalue weighted by Gasteiger charge is 2.64. The molecule has 0 aliphatic carbocycles. The number of non-ortho nitro benzene ring substituents is 1. The predicted octanol–water partition coefficient (Wildman–Crippen LogP) is 2.23. The molecule has 156 valence electrons. The molecular weight excluding hydrogens is 388 g/mol. The summed E-state index contributed by atoms with van der Waals surface area (Å²) in [7, 11) is 0. The van der Waals surface area contributed by atoms with E-state index in [1.165, 1.54) is 18.2 Å². The number of hydrazone groups is 1. The van der Waals surface area contributed by atoms with Crippen molar-refractivity contribution in [3.8, 4) is 0 Å². The van der Waals surface area contributed by atoms with Crippen LogP contribution in [0.15, 0.2) is 35.5 Å². The molecule has 9 heteroatoms. The number of nitro benzene ring substituents is 1. The number of imide groups is 1. The summed E-state index contributed by atoms with van der Waals surface area (Å²) < 4.78 is 0. The number of carbonyl (C=O) groups is 3. The minimum Gasteiger partial charge on any atom is -0.297 e. The van der Waals surface area contributed by atoms with E-state index in [0.717, 1.165) is 4.90 Å². The van der Waals surface area contributed by atoms with Crippen LogP contribution in [0.2, 0.25) is 0 Å². The SMILES string of the molecule is Cc1cc([N+](=O)[O-])ccc1N1C(=O)[C@@H]2[C@H](C1=O)[C@@H](C(=O)C(C)(C)C)N1N=CC=C[C@H]21. The third-order valence-corrected chi connectivity index (χ3v) is 5.93. The Balaban J connectivity index is 1.79. The molecule has 4 atom stereocenters. The van der Waals surface area contributed by atoms with Crippen molar-refractivity contribution in [2.45, 2.75) is 39.8 Å². The number of rotatable bonds is 3. The summed E-state index contributed by atoms with van der Waals surface area (Å²) in [5.41, 5.74) is -0.0895. The minimum atomic E-state index is -0.858. The number of amides is 2. The second-order valence-electron chi connectivity index (χ2n) is 8.87. The number of fused-ring (bicyclic) bond motifs is 3. The van der Waals surface area contributed by atoms with Crippen LogP contribution in [0.5, 0.6) is 0 Å². The first-order chi connectivity index (χ1) is 14.0. The van der Waals surface area contributed by atoms with Crippen LogP contribution in [0, 0.1) is 34.3 Å². The quantitative estimate of drug-likeness (QED) is 0.429. The molecule has 0 saturated carbocycles. The predicted molar refractivity (Wildman–Crippen MR) is 109 cm³/mol. The maximum atomic E-state index is 13.5. The summed E-state index contributed by atoms with van der Waals surface area (Å²) in [6.07, 6.45) is 5.05. The van der Waals surface area contributed by atoms with Gasteiger partial charge in [0, 0.05) is 23.8 Å². The zero-order valence-corrected chi connectivity index (χ0v) is 17.1. The van der Waals surface area contributed by atoms with Crippen LogP contribution in [0.25, 0.3) is 0 Å². The van der Waals surface area contributed by atoms with Crippen LogP contribution in [0.3, 0.4) is 0 Å². The summed E-state index contributed by atoms with van der Waals surface area (Å²) >= 11 is 0. The van der Waals surface area contributed by atoms with Gasteiger partial charge in [-0.15, -0.1) is 0 Å². The van der Waals surface area contributed by atoms with Crippen LogP contribution in [0.1, 0.15) is 26.3 Å². The van der Waals surface area contributed by atoms with E-state index in [9.17, 15) is 24.5 Å². The Hall–Kier alpha value is -3.36. The van der Waals surface area contributed by atoms with Crippen LogP contribution in [0.4, 0.5) is 11.4 Å². The van der Waals surface area contributed by atoms with Gasteiger partial charge in [0.15, 0.2) is 5.78 Å². The third kappa shape index (κ3) is 2.76. The lowest BCUT2D eigenvalue weighted by atomic mass is 9.80. The summed E-state index contributed by atoms with van der Waals surface area (Å²) in [6, 6.07) is 2.68. The van der Waals surface area contributed by atoms with Gasteiger partial charge in [-0.2, -0.15) is 5.10 Å². The Morgan fingerprint density at radius 3 is 2.43 bits per heavy atom. The molecule has 2 amide bonds. The molecular formula is C21H22N4O5. The smallest absolute Gasteiger partial charge is 0.269 e. The maximum absolute atomic E-state index is 13.5. The van der Waals surface area contributed by atoms with Crippen LogP contribution < -0.4 is 4.90 Å². The fraction of sp³-hybridized carbons (Fsp3) is 0.429. The average Bonchev–Trinajstić information content (AvgIpc) is 3.14. The van der Waals surface area contributed by atoms with Crippen molar-refractivity contribution in [2.24, 2.45) is 22.4 Å². The van der Waals surface area contributed by atoms with Crippen molar-refractivity contribution >= 4 is 35.2 Å². The highest BCUT2D eigenvalue weighted by atomic mass is 16.6. The molecule has 3 aliphatic rings. The van der Waals surface area contributed by atoms with Gasteiger partial charge in [0.1, 0.15) is 6.04 Å². The van der Waals surface area contributed by atoms with Crippen molar-refractivity contribution < 1.29 is 19.3 Å². The molecule has 1 aromatic rings. The highest BCUT2D eigenvalue weighted by molar-refractivity contribution is 6.24. The molecule has 2 fully saturated rings. The van der Waals surface area contributed by atoms with E-state index >= 15 is 0 Å². The van der Waals surface area contributed by atoms with Gasteiger partial charge in [-0.25, -0.2) is 4.90 Å². The van der Waals surface area contributed by atoms with Gasteiger partial charge >= 0.3 is 0 Å². The fourth-order valence-electron chi connectivity index (χ4n) is 4.52. The number of hydrogen-bond donors (Lipinski definition) is 0. The number of nitrogens with zero attached hydrogens (tertiary/aromatic N) is 4. The first-order valence-electron chi connectivity index (χ1n) is 9.70. The second kappa shape index (κ2) is 6.58. The Bertz CT molecular complexity index is 1040. The Morgan fingerprint density at radius 1 is 1.17 bits per heavy atom. The first-order valence-corrected chi connectivity index (χ1v) is 9.70. The number of anilines is 1. The van der Waals surface area contributed by atoms with E-state index in [1.807, 2.05) is 0 Å². The maximum Gasteiger partial charge on any atom is 0.269 e. The number of nitro groups is 1. The molecule has 3 heterocycles. The topological polar surface area (TPSA) is 113 Å². The lowest BCUT2D eigenvalue weighted by molar-refractivity contribution is -0.384. The molecule has 30 heavy (non-hydrogen) atoms. The molecule has 0 radical (unpaired) electrons. The Labute approximate surface area is 173 Å². The monoisotopic (exact) mass is 410 g/mol. The molecule has 0 spiro atoms. The van der Waals surface area contributed by atoms with E-state index < -0.39 is 46.1 Å². The molecule has 0 unspecified atom stereocenters. The van der Waals surface area contributed by atoms with Crippen molar-refractivity contribution in [1.29, 1.82) is 0 Å². The first kappa shape index (κ1) is 19.9. The molecule has 4 rings (SSSR count). The standard InChI is InChI=1S/C21H22N4O5/c1-11-10-12(25(29)30)7-8-13(11)23-19(27)15-14-6-5-9-22-24(14)17(16(15)20(23)28)18(26)21(2,3)4/h5-10,14-17H,1-4H3/t14-,15+,16+,17+/m1/s1. The van der Waals surface area contributed by atoms with E-state index in [4.69, 9.17) is 0 Å². The minimum absolute atomic E-state index is 0.118. The fourth-order valence-corrected chi connectivity index (χ4v) is 4.52. The molecule has 0 bridgehead atoms. The van der Waals surface area contributed by atoms with Gasteiger partial charge < -0.3 is 0 Å². The summed E-state index contributed by atoms with van der Waals surface area (Å²) in [5.74, 6) is -2.64. The number of Topliss-reactive ketones (excluding diaryl/α,β-unsaturated/α-hetero) is 1. The van der Waals surface area contributed by atoms with Gasteiger partial charge in [0.2, 0.25) is 11.8 Å². The van der Waals surface area contributed by atoms with Crippen LogP contribution >= 0.6 is 0 Å². The van der Waals surface area contributed by atoms with Gasteiger partial charge in [-0.05, 0) is 24.6 Å². The normalized spacial score (nSPS) is 27.5. The molecule has 0 N–H and O–H groups in total. The van der Waals surface area contributed by atoms with Crippen molar-refractivity contribution in [3.63, 3.8) is 0 Å². The van der Waals surface area contributed by atoms with Gasteiger partial charge in [-0.1, -0.05) is 26.8 Å². The highest BCUT2D eigenvalue weighted by Crippen LogP contribution is 2.47. The zero-order valence-electron chi connectivity index (χ0n) is 17.1. The van der Waals surface area contributed by atoms with E-state index in [0.29, 0.717) is 11.3 Å². The molecule has 9 nitrogen and oxygen atoms in total. The number of aryl methyl sites for hydroxylation is 1. The average molecular weight is 410 g/mol. The van der Waals surface area contributed by atoms with E-state index in [-0.39, 0.29) is 11.5 Å². The lowest BCUT2D eigenvalue weighted by Gasteiger charge is -2.33. The van der Waals surface area contributed by atoms with Crippen molar-refractivity contribution in [1.82, 2.24) is 5.01 Å². The third-order valence-electron chi connectivity index (χ3n) is 5.93. The van der Waals surface area contributed by atoms with Gasteiger partial charge in [0.25, 0.3) is 5.69 Å². The number of carbonyl (C=O) groups excluding carboxylic acids is 3. The van der Waals surface area contributed by atoms with Crippen molar-refractivity contribution in [2.75, 3.05) is 4.90 Å². The second-order valence-corrected chi connectivity index (χ2v) is 8.87. The summed E-state index contributed by atoms with van der Waals surface area (Å²) in [6.45, 7) is 6.95. The molecule has 2 saturated heterocycles. The Kier molecular flexibility index (Phi) is 4.37. The number of allylic oxidation sites excluding steroid dienone is 1.